The van der Waals surface area contributed by atoms with Gasteiger partial charge in [-0.1, -0.05) is 44.7 Å². The van der Waals surface area contributed by atoms with Crippen LogP contribution in [0.1, 0.15) is 86.7 Å². The molecule has 0 radical (unpaired) electrons. The maximum absolute atomic E-state index is 13.0. The predicted octanol–water partition coefficient (Wildman–Crippen LogP) is 3.70. The number of carbonyl (C=O) groups is 2. The molecule has 1 aromatic rings. The third-order valence-electron chi connectivity index (χ3n) is 6.50. The molecule has 6 heteroatoms. The topological polar surface area (TPSA) is 85.2 Å². The Morgan fingerprint density at radius 2 is 1.87 bits per heavy atom. The van der Waals surface area contributed by atoms with Crippen molar-refractivity contribution in [2.75, 3.05) is 19.6 Å². The summed E-state index contributed by atoms with van der Waals surface area (Å²) in [6, 6.07) is 10.3. The maximum Gasteiger partial charge on any atom is 0.252 e. The highest BCUT2D eigenvalue weighted by Gasteiger charge is 2.40. The van der Waals surface area contributed by atoms with E-state index >= 15 is 0 Å². The van der Waals surface area contributed by atoms with E-state index in [0.29, 0.717) is 24.4 Å². The number of hydrogen-bond acceptors (Lipinski definition) is 4. The quantitative estimate of drug-likeness (QED) is 0.671. The Balaban J connectivity index is 1.71. The molecule has 1 atom stereocenters. The highest BCUT2D eigenvalue weighted by atomic mass is 16.2. The van der Waals surface area contributed by atoms with Crippen molar-refractivity contribution in [3.8, 4) is 6.07 Å². The molecule has 6 nitrogen and oxygen atoms in total. The fourth-order valence-electron chi connectivity index (χ4n) is 4.92. The molecule has 2 amide bonds. The van der Waals surface area contributed by atoms with Gasteiger partial charge in [0.1, 0.15) is 12.1 Å². The van der Waals surface area contributed by atoms with Crippen molar-refractivity contribution >= 4 is 11.8 Å². The third-order valence-corrected chi connectivity index (χ3v) is 6.50. The summed E-state index contributed by atoms with van der Waals surface area (Å²) in [7, 11) is 0. The van der Waals surface area contributed by atoms with E-state index in [0.717, 1.165) is 45.2 Å². The van der Waals surface area contributed by atoms with E-state index in [1.165, 1.54) is 18.4 Å². The lowest BCUT2D eigenvalue weighted by Gasteiger charge is -2.37. The summed E-state index contributed by atoms with van der Waals surface area (Å²) in [6.45, 7) is 4.42. The zero-order valence-corrected chi connectivity index (χ0v) is 18.1. The Kier molecular flexibility index (Phi) is 7.87. The molecule has 1 aliphatic carbocycles. The number of hydrogen-bond donors (Lipinski definition) is 2. The van der Waals surface area contributed by atoms with Crippen molar-refractivity contribution in [1.82, 2.24) is 15.5 Å². The monoisotopic (exact) mass is 410 g/mol. The van der Waals surface area contributed by atoms with Gasteiger partial charge in [-0.3, -0.25) is 14.5 Å². The van der Waals surface area contributed by atoms with Crippen molar-refractivity contribution < 1.29 is 9.59 Å². The van der Waals surface area contributed by atoms with Gasteiger partial charge >= 0.3 is 0 Å². The first-order chi connectivity index (χ1) is 14.6. The van der Waals surface area contributed by atoms with Crippen molar-refractivity contribution in [1.29, 1.82) is 5.26 Å². The molecule has 2 aliphatic rings. The Morgan fingerprint density at radius 1 is 1.13 bits per heavy atom. The van der Waals surface area contributed by atoms with E-state index < -0.39 is 5.54 Å². The minimum absolute atomic E-state index is 0.0409. The van der Waals surface area contributed by atoms with Crippen LogP contribution in [0.4, 0.5) is 0 Å². The van der Waals surface area contributed by atoms with Crippen molar-refractivity contribution in [2.24, 2.45) is 0 Å². The fourth-order valence-corrected chi connectivity index (χ4v) is 4.92. The summed E-state index contributed by atoms with van der Waals surface area (Å²) in [5.74, 6) is -0.462. The first-order valence-electron chi connectivity index (χ1n) is 11.4. The first-order valence-corrected chi connectivity index (χ1v) is 11.4. The van der Waals surface area contributed by atoms with Gasteiger partial charge in [0.05, 0.1) is 6.07 Å². The number of amides is 2. The second-order valence-corrected chi connectivity index (χ2v) is 8.61. The molecule has 1 saturated heterocycles. The van der Waals surface area contributed by atoms with E-state index in [4.69, 9.17) is 5.26 Å². The minimum Gasteiger partial charge on any atom is -0.341 e. The molecule has 2 N–H and O–H groups in total. The van der Waals surface area contributed by atoms with Gasteiger partial charge in [0, 0.05) is 11.6 Å². The second kappa shape index (κ2) is 10.6. The Hall–Kier alpha value is -2.39. The summed E-state index contributed by atoms with van der Waals surface area (Å²) in [6.07, 6.45) is 8.89. The molecule has 0 spiro atoms. The lowest BCUT2D eigenvalue weighted by Crippen LogP contribution is -2.59. The molecule has 162 valence electrons. The van der Waals surface area contributed by atoms with Gasteiger partial charge in [-0.25, -0.2) is 0 Å². The Morgan fingerprint density at radius 3 is 2.53 bits per heavy atom. The number of piperidine rings is 1. The van der Waals surface area contributed by atoms with Crippen LogP contribution in [0.2, 0.25) is 0 Å². The molecular weight excluding hydrogens is 376 g/mol. The van der Waals surface area contributed by atoms with Crippen LogP contribution in [0.25, 0.3) is 0 Å². The van der Waals surface area contributed by atoms with E-state index in [1.807, 2.05) is 18.2 Å². The fraction of sp³-hybridized carbons (Fsp3) is 0.625. The van der Waals surface area contributed by atoms with Crippen LogP contribution in [-0.4, -0.2) is 41.9 Å². The number of carbonyl (C=O) groups excluding carboxylic acids is 2. The van der Waals surface area contributed by atoms with E-state index in [9.17, 15) is 9.59 Å². The summed E-state index contributed by atoms with van der Waals surface area (Å²) < 4.78 is 0. The van der Waals surface area contributed by atoms with Gasteiger partial charge in [-0.05, 0) is 62.9 Å². The average molecular weight is 411 g/mol. The zero-order valence-electron chi connectivity index (χ0n) is 18.1. The largest absolute Gasteiger partial charge is 0.341 e. The number of nitrogens with zero attached hydrogens (tertiary/aromatic N) is 2. The Bertz CT molecular complexity index is 760. The number of likely N-dealkylation sites (tertiary alicyclic amines) is 1. The molecule has 2 fully saturated rings. The molecule has 30 heavy (non-hydrogen) atoms. The minimum atomic E-state index is -0.911. The number of rotatable bonds is 7. The highest BCUT2D eigenvalue weighted by molar-refractivity contribution is 5.99. The molecule has 1 heterocycles. The van der Waals surface area contributed by atoms with E-state index in [-0.39, 0.29) is 18.4 Å². The zero-order chi connectivity index (χ0) is 21.4. The molecule has 0 bridgehead atoms. The van der Waals surface area contributed by atoms with Crippen LogP contribution < -0.4 is 10.6 Å². The van der Waals surface area contributed by atoms with Gasteiger partial charge in [0.25, 0.3) is 5.91 Å². The van der Waals surface area contributed by atoms with Gasteiger partial charge in [0.15, 0.2) is 0 Å². The van der Waals surface area contributed by atoms with Gasteiger partial charge in [-0.15, -0.1) is 0 Å². The molecule has 1 aromatic carbocycles. The van der Waals surface area contributed by atoms with Gasteiger partial charge < -0.3 is 10.6 Å². The lowest BCUT2D eigenvalue weighted by molar-refractivity contribution is -0.128. The van der Waals surface area contributed by atoms with Crippen molar-refractivity contribution in [3.63, 3.8) is 0 Å². The third kappa shape index (κ3) is 5.20. The summed E-state index contributed by atoms with van der Waals surface area (Å²) in [5, 5.41) is 14.5. The standard InChI is InChI=1S/C24H34N4O2/c1-2-17-28-18-7-4-8-21(28)19-9-11-20(12-10-19)22(29)27-24(13-5-3-6-14-24)23(30)26-16-15-25/h9-12,21H,2-8,13-14,16-18H2,1H3,(H,26,30)(H,27,29). The number of benzene rings is 1. The van der Waals surface area contributed by atoms with Crippen LogP contribution in [-0.2, 0) is 4.79 Å². The van der Waals surface area contributed by atoms with E-state index in [1.54, 1.807) is 0 Å². The first kappa shape index (κ1) is 22.3. The van der Waals surface area contributed by atoms with Crippen molar-refractivity contribution in [3.05, 3.63) is 35.4 Å². The predicted molar refractivity (Wildman–Crippen MR) is 117 cm³/mol. The summed E-state index contributed by atoms with van der Waals surface area (Å²) in [4.78, 5) is 28.3. The van der Waals surface area contributed by atoms with E-state index in [2.05, 4.69) is 34.6 Å². The number of nitriles is 1. The Labute approximate surface area is 180 Å². The van der Waals surface area contributed by atoms with Gasteiger partial charge in [-0.2, -0.15) is 5.26 Å². The average Bonchev–Trinajstić information content (AvgIpc) is 2.78. The molecular formula is C24H34N4O2. The SMILES string of the molecule is CCCN1CCCCC1c1ccc(C(=O)NC2(C(=O)NCC#N)CCCCC2)cc1. The van der Waals surface area contributed by atoms with Crippen LogP contribution >= 0.6 is 0 Å². The van der Waals surface area contributed by atoms with Crippen molar-refractivity contribution in [2.45, 2.75) is 76.3 Å². The normalized spacial score (nSPS) is 21.4. The molecule has 3 rings (SSSR count). The lowest BCUT2D eigenvalue weighted by atomic mass is 9.80. The van der Waals surface area contributed by atoms with Crippen LogP contribution in [0.15, 0.2) is 24.3 Å². The van der Waals surface area contributed by atoms with Crippen LogP contribution in [0, 0.1) is 11.3 Å². The molecule has 1 unspecified atom stereocenters. The highest BCUT2D eigenvalue weighted by Crippen LogP contribution is 2.32. The maximum atomic E-state index is 13.0. The number of nitrogens with one attached hydrogen (secondary N) is 2. The molecule has 0 aromatic heterocycles. The van der Waals surface area contributed by atoms with Crippen LogP contribution in [0.3, 0.4) is 0 Å². The summed E-state index contributed by atoms with van der Waals surface area (Å²) >= 11 is 0. The van der Waals surface area contributed by atoms with Crippen LogP contribution in [0.5, 0.6) is 0 Å². The second-order valence-electron chi connectivity index (χ2n) is 8.61. The smallest absolute Gasteiger partial charge is 0.252 e. The summed E-state index contributed by atoms with van der Waals surface area (Å²) in [5.41, 5.74) is 0.931. The molecule has 1 aliphatic heterocycles. The molecule has 1 saturated carbocycles. The van der Waals surface area contributed by atoms with Gasteiger partial charge in [0.2, 0.25) is 5.91 Å².